The number of nitrogens with two attached hydrogens (primary N) is 1. The van der Waals surface area contributed by atoms with Crippen LogP contribution in [0.2, 0.25) is 0 Å². The van der Waals surface area contributed by atoms with Crippen LogP contribution in [-0.2, 0) is 47.7 Å². The number of nitrogens with one attached hydrogen (secondary N) is 4. The first-order valence-corrected chi connectivity index (χ1v) is 22.1. The first kappa shape index (κ1) is 56.3. The lowest BCUT2D eigenvalue weighted by atomic mass is 10.0. The van der Waals surface area contributed by atoms with Gasteiger partial charge in [0.1, 0.15) is 19.3 Å². The molecule has 0 radical (unpaired) electrons. The van der Waals surface area contributed by atoms with Crippen molar-refractivity contribution in [3.8, 4) is 0 Å². The molecule has 0 spiro atoms. The number of ether oxygens (including phenoxy) is 4. The van der Waals surface area contributed by atoms with Crippen molar-refractivity contribution in [1.29, 1.82) is 0 Å². The number of hydrogen-bond acceptors (Lipinski definition) is 12. The van der Waals surface area contributed by atoms with Crippen LogP contribution in [0.4, 0.5) is 0 Å². The number of carbonyl (C=O) groups is 6. The van der Waals surface area contributed by atoms with Crippen LogP contribution < -0.4 is 27.0 Å². The molecular formula is C42H78N6O12. The molecule has 8 N–H and O–H groups in total. The van der Waals surface area contributed by atoms with Crippen molar-refractivity contribution in [2.45, 2.75) is 147 Å². The molecule has 2 atom stereocenters. The third-order valence-electron chi connectivity index (χ3n) is 9.31. The Morgan fingerprint density at radius 3 is 1.45 bits per heavy atom. The Bertz CT molecular complexity index is 1160. The lowest BCUT2D eigenvalue weighted by molar-refractivity contribution is -0.142. The van der Waals surface area contributed by atoms with Crippen LogP contribution in [0.3, 0.4) is 0 Å². The molecule has 0 aromatic rings. The number of rotatable bonds is 44. The zero-order chi connectivity index (χ0) is 44.3. The van der Waals surface area contributed by atoms with E-state index in [9.17, 15) is 33.9 Å². The number of carboxylic acid groups (broad SMARTS) is 2. The van der Waals surface area contributed by atoms with Crippen LogP contribution >= 0.6 is 0 Å². The average Bonchev–Trinajstić information content (AvgIpc) is 3.20. The molecule has 18 nitrogen and oxygen atoms in total. The molecule has 0 rings (SSSR count). The monoisotopic (exact) mass is 859 g/mol. The number of carboxylic acids is 2. The second kappa shape index (κ2) is 42.0. The number of hydrogen-bond donors (Lipinski definition) is 7. The number of amides is 4. The minimum atomic E-state index is -1.18. The molecule has 60 heavy (non-hydrogen) atoms. The minimum Gasteiger partial charge on any atom is -0.481 e. The first-order chi connectivity index (χ1) is 29.0. The van der Waals surface area contributed by atoms with Gasteiger partial charge in [0, 0.05) is 58.2 Å². The molecule has 4 amide bonds. The van der Waals surface area contributed by atoms with Crippen LogP contribution in [0.25, 0.3) is 0 Å². The lowest BCUT2D eigenvalue weighted by Crippen LogP contribution is -2.41. The van der Waals surface area contributed by atoms with Gasteiger partial charge >= 0.3 is 11.9 Å². The molecule has 0 aliphatic rings. The van der Waals surface area contributed by atoms with Crippen LogP contribution in [0.5, 0.6) is 0 Å². The molecule has 0 saturated carbocycles. The highest BCUT2D eigenvalue weighted by Crippen LogP contribution is 2.14. The van der Waals surface area contributed by atoms with Crippen molar-refractivity contribution in [3.05, 3.63) is 0 Å². The molecule has 348 valence electrons. The summed E-state index contributed by atoms with van der Waals surface area (Å²) < 4.78 is 21.3. The Balaban J connectivity index is 3.64. The van der Waals surface area contributed by atoms with E-state index in [1.54, 1.807) is 13.3 Å². The maximum atomic E-state index is 12.3. The predicted molar refractivity (Wildman–Crippen MR) is 229 cm³/mol. The molecule has 18 heteroatoms. The van der Waals surface area contributed by atoms with E-state index in [1.807, 2.05) is 0 Å². The predicted octanol–water partition coefficient (Wildman–Crippen LogP) is 3.28. The number of nitrogens with zero attached hydrogens (tertiary/aromatic N) is 1. The van der Waals surface area contributed by atoms with Gasteiger partial charge in [-0.2, -0.15) is 0 Å². The Labute approximate surface area is 357 Å². The van der Waals surface area contributed by atoms with E-state index < -0.39 is 18.0 Å². The van der Waals surface area contributed by atoms with Crippen LogP contribution in [0.1, 0.15) is 135 Å². The van der Waals surface area contributed by atoms with E-state index in [0.717, 1.165) is 57.8 Å². The van der Waals surface area contributed by atoms with E-state index >= 15 is 0 Å². The summed E-state index contributed by atoms with van der Waals surface area (Å²) in [5, 5.41) is 28.8. The molecule has 0 bridgehead atoms. The topological polar surface area (TPSA) is 266 Å². The second-order valence-electron chi connectivity index (χ2n) is 14.8. The summed E-state index contributed by atoms with van der Waals surface area (Å²) in [5.41, 5.74) is 5.84. The van der Waals surface area contributed by atoms with Gasteiger partial charge in [-0.25, -0.2) is 4.79 Å². The van der Waals surface area contributed by atoms with E-state index in [-0.39, 0.29) is 121 Å². The summed E-state index contributed by atoms with van der Waals surface area (Å²) >= 11 is 0. The van der Waals surface area contributed by atoms with Gasteiger partial charge in [-0.1, -0.05) is 77.0 Å². The fourth-order valence-electron chi connectivity index (χ4n) is 5.97. The maximum Gasteiger partial charge on any atom is 0.326 e. The summed E-state index contributed by atoms with van der Waals surface area (Å²) in [7, 11) is 1.69. The highest BCUT2D eigenvalue weighted by molar-refractivity contribution is 5.84. The molecule has 0 saturated heterocycles. The molecule has 0 aromatic heterocycles. The van der Waals surface area contributed by atoms with E-state index in [1.165, 1.54) is 44.9 Å². The zero-order valence-corrected chi connectivity index (χ0v) is 36.4. The number of aliphatic carboxylic acids is 2. The van der Waals surface area contributed by atoms with Crippen molar-refractivity contribution >= 4 is 41.8 Å². The van der Waals surface area contributed by atoms with Gasteiger partial charge in [-0.05, 0) is 38.5 Å². The van der Waals surface area contributed by atoms with Crippen molar-refractivity contribution in [1.82, 2.24) is 21.3 Å². The Kier molecular flexibility index (Phi) is 39.4. The number of carbonyl (C=O) groups excluding carboxylic acids is 4. The van der Waals surface area contributed by atoms with Gasteiger partial charge < -0.3 is 56.2 Å². The summed E-state index contributed by atoms with van der Waals surface area (Å²) in [6.07, 6.45) is 19.8. The maximum absolute atomic E-state index is 12.3. The first-order valence-electron chi connectivity index (χ1n) is 22.1. The number of unbranched alkanes of at least 4 members (excludes halogenated alkanes) is 14. The van der Waals surface area contributed by atoms with Crippen LogP contribution in [-0.4, -0.2) is 144 Å². The van der Waals surface area contributed by atoms with Gasteiger partial charge in [0.15, 0.2) is 0 Å². The van der Waals surface area contributed by atoms with Crippen molar-refractivity contribution in [3.63, 3.8) is 0 Å². The fraction of sp³-hybridized carbons (Fsp3) is 0.833. The highest BCUT2D eigenvalue weighted by Gasteiger charge is 2.20. The van der Waals surface area contributed by atoms with Crippen molar-refractivity contribution in [2.75, 3.05) is 79.5 Å². The smallest absolute Gasteiger partial charge is 0.326 e. The molecule has 0 aromatic carbocycles. The van der Waals surface area contributed by atoms with Crippen molar-refractivity contribution < 1.29 is 57.9 Å². The Hall–Kier alpha value is -3.71. The van der Waals surface area contributed by atoms with Gasteiger partial charge in [0.25, 0.3) is 0 Å². The van der Waals surface area contributed by atoms with E-state index in [2.05, 4.69) is 26.3 Å². The van der Waals surface area contributed by atoms with E-state index in [0.29, 0.717) is 13.0 Å². The zero-order valence-electron chi connectivity index (χ0n) is 36.4. The summed E-state index contributed by atoms with van der Waals surface area (Å²) in [6.45, 7) is 2.26. The Morgan fingerprint density at radius 1 is 0.517 bits per heavy atom. The van der Waals surface area contributed by atoms with Crippen LogP contribution in [0, 0.1) is 0 Å². The Morgan fingerprint density at radius 2 is 0.967 bits per heavy atom. The summed E-state index contributed by atoms with van der Waals surface area (Å²) in [4.78, 5) is 74.2. The molecule has 0 aliphatic carbocycles. The lowest BCUT2D eigenvalue weighted by Gasteiger charge is -2.14. The van der Waals surface area contributed by atoms with Gasteiger partial charge in [-0.3, -0.25) is 29.0 Å². The van der Waals surface area contributed by atoms with E-state index in [4.69, 9.17) is 29.8 Å². The summed E-state index contributed by atoms with van der Waals surface area (Å²) in [6, 6.07) is -1.20. The van der Waals surface area contributed by atoms with Crippen molar-refractivity contribution in [2.24, 2.45) is 10.7 Å². The molecule has 0 heterocycles. The van der Waals surface area contributed by atoms with Gasteiger partial charge in [-0.15, -0.1) is 0 Å². The SMILES string of the molecule is CN=CC(N)CCCCNC(=O)COCCOCCNC(=O)COCCOCCNC(=O)CC[C@H](NC(=O)CCCCCCCCCCCCCCCCC(=O)O)C(=O)O. The van der Waals surface area contributed by atoms with Crippen LogP contribution in [0.15, 0.2) is 4.99 Å². The quantitative estimate of drug-likeness (QED) is 0.0343. The fourth-order valence-corrected chi connectivity index (χ4v) is 5.97. The standard InChI is InChI=1S/C42H78N6O12/c1-44-32-35(43)18-16-17-23-45-39(51)33-59-30-29-58-27-25-47-40(52)34-60-31-28-57-26-24-46-37(49)22-21-36(42(55)56)48-38(50)19-14-12-10-8-6-4-2-3-5-7-9-11-13-15-20-41(53)54/h32,35-36H,2-31,33-34,43H2,1H3,(H,45,51)(H,46,49)(H,47,52)(H,48,50)(H,53,54)(H,55,56)/t35?,36-/m0/s1. The minimum absolute atomic E-state index is 0.0227. The molecule has 0 fully saturated rings. The molecular weight excluding hydrogens is 780 g/mol. The molecule has 0 aliphatic heterocycles. The third-order valence-corrected chi connectivity index (χ3v) is 9.31. The summed E-state index contributed by atoms with van der Waals surface area (Å²) in [5.74, 6) is -3.07. The largest absolute Gasteiger partial charge is 0.481 e. The average molecular weight is 859 g/mol. The van der Waals surface area contributed by atoms with Gasteiger partial charge in [0.05, 0.1) is 39.6 Å². The molecule has 1 unspecified atom stereocenters. The normalized spacial score (nSPS) is 12.2. The number of aliphatic imine (C=N–C) groups is 1. The third kappa shape index (κ3) is 41.0. The highest BCUT2D eigenvalue weighted by atomic mass is 16.5. The second-order valence-corrected chi connectivity index (χ2v) is 14.8. The van der Waals surface area contributed by atoms with Gasteiger partial charge in [0.2, 0.25) is 23.6 Å².